The van der Waals surface area contributed by atoms with Crippen molar-refractivity contribution >= 4 is 17.5 Å². The van der Waals surface area contributed by atoms with Gasteiger partial charge in [0.1, 0.15) is 35.2 Å². The van der Waals surface area contributed by atoms with Crippen LogP contribution in [0.15, 0.2) is 72.8 Å². The van der Waals surface area contributed by atoms with Gasteiger partial charge in [-0.2, -0.15) is 5.06 Å². The van der Waals surface area contributed by atoms with Gasteiger partial charge < -0.3 is 9.47 Å². The lowest BCUT2D eigenvalue weighted by molar-refractivity contribution is -0.226. The monoisotopic (exact) mass is 472 g/mol. The van der Waals surface area contributed by atoms with Gasteiger partial charge in [-0.25, -0.2) is 5.06 Å². The Balaban J connectivity index is 1.14. The van der Waals surface area contributed by atoms with E-state index in [9.17, 15) is 9.59 Å². The third-order valence-electron chi connectivity index (χ3n) is 6.64. The molecular formula is C27H24N2O6. The van der Waals surface area contributed by atoms with Crippen molar-refractivity contribution in [3.05, 3.63) is 78.4 Å². The molecule has 4 atom stereocenters. The number of anilines is 1. The molecule has 178 valence electrons. The molecule has 2 amide bonds. The van der Waals surface area contributed by atoms with E-state index < -0.39 is 11.8 Å². The third kappa shape index (κ3) is 3.90. The molecule has 2 aliphatic heterocycles. The number of carbonyl (C=O) groups excluding carboxylic acids is 2. The normalized spacial score (nSPS) is 25.1. The van der Waals surface area contributed by atoms with Crippen LogP contribution in [0.4, 0.5) is 5.69 Å². The summed E-state index contributed by atoms with van der Waals surface area (Å²) in [5, 5.41) is 2.51. The van der Waals surface area contributed by atoms with Crippen molar-refractivity contribution in [3.8, 4) is 23.0 Å². The minimum absolute atomic E-state index is 0.209. The van der Waals surface area contributed by atoms with Gasteiger partial charge >= 0.3 is 0 Å². The van der Waals surface area contributed by atoms with Gasteiger partial charge in [-0.1, -0.05) is 23.8 Å². The van der Waals surface area contributed by atoms with Crippen LogP contribution in [0.1, 0.15) is 12.0 Å². The average molecular weight is 472 g/mol. The molecule has 0 N–H and O–H groups in total. The van der Waals surface area contributed by atoms with Gasteiger partial charge in [-0.3, -0.25) is 19.3 Å². The first-order valence-electron chi connectivity index (χ1n) is 11.5. The van der Waals surface area contributed by atoms with Gasteiger partial charge in [0.15, 0.2) is 0 Å². The second-order valence-corrected chi connectivity index (χ2v) is 9.03. The minimum Gasteiger partial charge on any atom is -0.457 e. The van der Waals surface area contributed by atoms with Gasteiger partial charge in [-0.15, -0.1) is 0 Å². The molecule has 6 rings (SSSR count). The predicted octanol–water partition coefficient (Wildman–Crippen LogP) is 4.63. The minimum atomic E-state index is -0.523. The molecule has 3 aromatic rings. The van der Waals surface area contributed by atoms with Crippen molar-refractivity contribution in [3.63, 3.8) is 0 Å². The smallest absolute Gasteiger partial charge is 0.257 e. The molecule has 4 unspecified atom stereocenters. The maximum absolute atomic E-state index is 13.1. The van der Waals surface area contributed by atoms with Gasteiger partial charge in [0.2, 0.25) is 0 Å². The molecule has 3 fully saturated rings. The van der Waals surface area contributed by atoms with E-state index in [4.69, 9.17) is 19.1 Å². The van der Waals surface area contributed by atoms with Crippen molar-refractivity contribution < 1.29 is 28.7 Å². The highest BCUT2D eigenvalue weighted by atomic mass is 16.7. The number of hydrogen-bond donors (Lipinski definition) is 0. The summed E-state index contributed by atoms with van der Waals surface area (Å²) in [6.07, 6.45) is -0.217. The summed E-state index contributed by atoms with van der Waals surface area (Å²) < 4.78 is 11.9. The lowest BCUT2D eigenvalue weighted by atomic mass is 9.89. The molecule has 3 aromatic carbocycles. The van der Waals surface area contributed by atoms with Crippen LogP contribution in [-0.2, 0) is 19.3 Å². The molecule has 0 spiro atoms. The van der Waals surface area contributed by atoms with E-state index >= 15 is 0 Å². The first kappa shape index (κ1) is 21.6. The SMILES string of the molecule is Cc1ccc(Oc2cccc(Oc3ccc(N4OC5CC6ON(C)C(=O)C5C6C4=O)cc3)c2)cc1. The summed E-state index contributed by atoms with van der Waals surface area (Å²) in [4.78, 5) is 37.2. The lowest BCUT2D eigenvalue weighted by Crippen LogP contribution is -2.57. The molecule has 8 nitrogen and oxygen atoms in total. The van der Waals surface area contributed by atoms with E-state index in [0.29, 0.717) is 29.4 Å². The van der Waals surface area contributed by atoms with E-state index in [0.717, 1.165) is 5.75 Å². The van der Waals surface area contributed by atoms with Gasteiger partial charge in [0.25, 0.3) is 11.8 Å². The van der Waals surface area contributed by atoms with E-state index in [1.165, 1.54) is 15.7 Å². The van der Waals surface area contributed by atoms with Crippen LogP contribution in [0.25, 0.3) is 0 Å². The number of benzene rings is 3. The molecule has 2 saturated heterocycles. The van der Waals surface area contributed by atoms with Crippen molar-refractivity contribution in [1.82, 2.24) is 5.06 Å². The van der Waals surface area contributed by atoms with Gasteiger partial charge in [0, 0.05) is 19.5 Å². The zero-order valence-electron chi connectivity index (χ0n) is 19.3. The van der Waals surface area contributed by atoms with Crippen LogP contribution in [-0.4, -0.2) is 36.1 Å². The summed E-state index contributed by atoms with van der Waals surface area (Å²) in [6.45, 7) is 2.03. The van der Waals surface area contributed by atoms with Crippen molar-refractivity contribution in [2.24, 2.45) is 11.8 Å². The first-order chi connectivity index (χ1) is 17.0. The van der Waals surface area contributed by atoms with Crippen LogP contribution in [0.2, 0.25) is 0 Å². The standard InChI is InChI=1S/C27H24N2O6/c1-16-6-10-18(11-7-16)32-20-4-3-5-21(14-20)33-19-12-8-17(9-13-19)29-27(31)25-22-15-23(35-29)24(25)26(30)28(2)34-22/h3-14,22-25H,15H2,1-2H3. The van der Waals surface area contributed by atoms with Crippen LogP contribution in [0.3, 0.4) is 0 Å². The number of hydroxylamine groups is 3. The molecule has 3 aliphatic rings. The molecule has 1 aliphatic carbocycles. The van der Waals surface area contributed by atoms with E-state index in [-0.39, 0.29) is 24.0 Å². The van der Waals surface area contributed by atoms with Crippen molar-refractivity contribution in [2.75, 3.05) is 12.1 Å². The number of ether oxygens (including phenoxy) is 2. The van der Waals surface area contributed by atoms with E-state index in [1.807, 2.05) is 55.5 Å². The Bertz CT molecular complexity index is 1280. The summed E-state index contributed by atoms with van der Waals surface area (Å²) in [7, 11) is 1.58. The second kappa shape index (κ2) is 8.41. The highest BCUT2D eigenvalue weighted by Crippen LogP contribution is 2.47. The average Bonchev–Trinajstić information content (AvgIpc) is 3.07. The highest BCUT2D eigenvalue weighted by molar-refractivity contribution is 5.99. The second-order valence-electron chi connectivity index (χ2n) is 9.03. The molecular weight excluding hydrogens is 448 g/mol. The van der Waals surface area contributed by atoms with Crippen LogP contribution in [0, 0.1) is 18.8 Å². The number of amides is 2. The molecule has 4 bridgehead atoms. The van der Waals surface area contributed by atoms with Crippen LogP contribution < -0.4 is 14.5 Å². The lowest BCUT2D eigenvalue weighted by Gasteiger charge is -2.40. The summed E-state index contributed by atoms with van der Waals surface area (Å²) >= 11 is 0. The van der Waals surface area contributed by atoms with E-state index in [1.54, 1.807) is 31.3 Å². The maximum Gasteiger partial charge on any atom is 0.257 e. The fourth-order valence-electron chi connectivity index (χ4n) is 4.93. The molecule has 35 heavy (non-hydrogen) atoms. The summed E-state index contributed by atoms with van der Waals surface area (Å²) in [5.41, 5.74) is 1.74. The quantitative estimate of drug-likeness (QED) is 0.539. The Morgan fingerprint density at radius 2 is 1.31 bits per heavy atom. The Hall–Kier alpha value is -3.88. The van der Waals surface area contributed by atoms with Gasteiger partial charge in [0.05, 0.1) is 17.5 Å². The largest absolute Gasteiger partial charge is 0.457 e. The summed E-state index contributed by atoms with van der Waals surface area (Å²) in [5.74, 6) is 1.16. The fraction of sp³-hybridized carbons (Fsp3) is 0.259. The van der Waals surface area contributed by atoms with Crippen molar-refractivity contribution in [2.45, 2.75) is 25.6 Å². The van der Waals surface area contributed by atoms with Crippen LogP contribution >= 0.6 is 0 Å². The fourth-order valence-corrected chi connectivity index (χ4v) is 4.93. The predicted molar refractivity (Wildman–Crippen MR) is 126 cm³/mol. The van der Waals surface area contributed by atoms with E-state index in [2.05, 4.69) is 0 Å². The first-order valence-corrected chi connectivity index (χ1v) is 11.5. The Morgan fingerprint density at radius 1 is 0.743 bits per heavy atom. The molecule has 0 radical (unpaired) electrons. The zero-order valence-corrected chi connectivity index (χ0v) is 19.3. The maximum atomic E-state index is 13.1. The summed E-state index contributed by atoms with van der Waals surface area (Å²) in [6, 6.07) is 22.3. The third-order valence-corrected chi connectivity index (χ3v) is 6.64. The van der Waals surface area contributed by atoms with Crippen molar-refractivity contribution in [1.29, 1.82) is 0 Å². The number of nitrogens with zero attached hydrogens (tertiary/aromatic N) is 2. The Labute approximate surface area is 202 Å². The number of aryl methyl sites for hydroxylation is 1. The Morgan fingerprint density at radius 3 is 1.97 bits per heavy atom. The van der Waals surface area contributed by atoms with Gasteiger partial charge in [-0.05, 0) is 55.5 Å². The molecule has 8 heteroatoms. The number of hydrogen-bond acceptors (Lipinski definition) is 6. The highest BCUT2D eigenvalue weighted by Gasteiger charge is 2.62. The molecule has 0 aromatic heterocycles. The molecule has 1 saturated carbocycles. The zero-order chi connectivity index (χ0) is 24.1. The Kier molecular flexibility index (Phi) is 5.20. The van der Waals surface area contributed by atoms with Crippen LogP contribution in [0.5, 0.6) is 23.0 Å². The molecule has 2 heterocycles. The topological polar surface area (TPSA) is 77.5 Å². The number of carbonyl (C=O) groups is 2. The number of rotatable bonds is 5.